The number of carbonyl (C=O) groups excluding carboxylic acids is 1. The van der Waals surface area contributed by atoms with Gasteiger partial charge in [0.05, 0.1) is 13.2 Å². The van der Waals surface area contributed by atoms with E-state index in [0.29, 0.717) is 18.7 Å². The number of nitrogens with zero attached hydrogens (tertiary/aromatic N) is 2. The van der Waals surface area contributed by atoms with Crippen LogP contribution in [0.15, 0.2) is 47.5 Å². The van der Waals surface area contributed by atoms with E-state index in [0.717, 1.165) is 48.6 Å². The summed E-state index contributed by atoms with van der Waals surface area (Å²) in [6.07, 6.45) is 3.17. The molecule has 0 bridgehead atoms. The average Bonchev–Trinajstić information content (AvgIpc) is 2.69. The van der Waals surface area contributed by atoms with Gasteiger partial charge in [0, 0.05) is 24.2 Å². The standard InChI is InChI=1S/C23H28N2O2/c1-4-27-20-12-10-19(11-13-20)22(26)16-25(23-7-5-6-14-24-23)21-15-17(2)8-9-18(21)3/h8-13,15H,4-7,14,16H2,1-3H3. The third kappa shape index (κ3) is 4.76. The summed E-state index contributed by atoms with van der Waals surface area (Å²) < 4.78 is 5.47. The SMILES string of the molecule is CCOc1ccc(C(=O)CN(C2=NCCCC2)c2cc(C)ccc2C)cc1. The molecule has 0 aromatic heterocycles. The van der Waals surface area contributed by atoms with Crippen LogP contribution in [0.25, 0.3) is 0 Å². The number of benzene rings is 2. The molecular formula is C23H28N2O2. The highest BCUT2D eigenvalue weighted by Gasteiger charge is 2.21. The number of hydrogen-bond donors (Lipinski definition) is 0. The molecule has 0 atom stereocenters. The third-order valence-electron chi connectivity index (χ3n) is 4.86. The van der Waals surface area contributed by atoms with E-state index in [1.165, 1.54) is 5.56 Å². The monoisotopic (exact) mass is 364 g/mol. The molecule has 0 fully saturated rings. The Balaban J connectivity index is 1.87. The third-order valence-corrected chi connectivity index (χ3v) is 4.86. The fraction of sp³-hybridized carbons (Fsp3) is 0.391. The number of aliphatic imine (C=N–C) groups is 1. The molecule has 4 heteroatoms. The number of ether oxygens (including phenoxy) is 1. The van der Waals surface area contributed by atoms with Crippen LogP contribution in [0.4, 0.5) is 5.69 Å². The minimum absolute atomic E-state index is 0.0900. The predicted octanol–water partition coefficient (Wildman–Crippen LogP) is 4.97. The predicted molar refractivity (Wildman–Crippen MR) is 111 cm³/mol. The number of hydrogen-bond acceptors (Lipinski definition) is 4. The molecule has 0 unspecified atom stereocenters. The molecule has 1 aliphatic rings. The van der Waals surface area contributed by atoms with Crippen LogP contribution in [-0.2, 0) is 0 Å². The van der Waals surface area contributed by atoms with Gasteiger partial charge in [-0.25, -0.2) is 0 Å². The lowest BCUT2D eigenvalue weighted by molar-refractivity contribution is 0.100. The number of anilines is 1. The Morgan fingerprint density at radius 1 is 1.11 bits per heavy atom. The van der Waals surface area contributed by atoms with E-state index in [9.17, 15) is 4.79 Å². The molecule has 0 spiro atoms. The number of ketones is 1. The van der Waals surface area contributed by atoms with Gasteiger partial charge >= 0.3 is 0 Å². The molecule has 2 aromatic carbocycles. The highest BCUT2D eigenvalue weighted by molar-refractivity contribution is 6.07. The molecule has 0 saturated heterocycles. The van der Waals surface area contributed by atoms with Gasteiger partial charge in [0.25, 0.3) is 0 Å². The second-order valence-electron chi connectivity index (χ2n) is 7.01. The highest BCUT2D eigenvalue weighted by Crippen LogP contribution is 2.25. The molecule has 0 radical (unpaired) electrons. The van der Waals surface area contributed by atoms with Crippen molar-refractivity contribution in [2.45, 2.75) is 40.0 Å². The Morgan fingerprint density at radius 3 is 2.56 bits per heavy atom. The Hall–Kier alpha value is -2.62. The van der Waals surface area contributed by atoms with E-state index in [4.69, 9.17) is 9.73 Å². The van der Waals surface area contributed by atoms with E-state index in [1.807, 2.05) is 31.2 Å². The average molecular weight is 364 g/mol. The van der Waals surface area contributed by atoms with E-state index < -0.39 is 0 Å². The normalized spacial score (nSPS) is 13.8. The summed E-state index contributed by atoms with van der Waals surface area (Å²) in [6.45, 7) is 7.88. The van der Waals surface area contributed by atoms with Gasteiger partial charge in [0.2, 0.25) is 0 Å². The van der Waals surface area contributed by atoms with E-state index in [1.54, 1.807) is 0 Å². The van der Waals surface area contributed by atoms with Crippen molar-refractivity contribution < 1.29 is 9.53 Å². The Kier molecular flexibility index (Phi) is 6.28. The van der Waals surface area contributed by atoms with Crippen molar-refractivity contribution in [3.63, 3.8) is 0 Å². The summed E-state index contributed by atoms with van der Waals surface area (Å²) >= 11 is 0. The topological polar surface area (TPSA) is 41.9 Å². The van der Waals surface area contributed by atoms with Gasteiger partial charge in [0.1, 0.15) is 11.6 Å². The number of amidine groups is 1. The highest BCUT2D eigenvalue weighted by atomic mass is 16.5. The molecule has 0 amide bonds. The van der Waals surface area contributed by atoms with Crippen LogP contribution < -0.4 is 9.64 Å². The Bertz CT molecular complexity index is 825. The minimum Gasteiger partial charge on any atom is -0.494 e. The number of aryl methyl sites for hydroxylation is 2. The summed E-state index contributed by atoms with van der Waals surface area (Å²) in [6, 6.07) is 13.8. The van der Waals surface area contributed by atoms with Crippen molar-refractivity contribution in [3.8, 4) is 5.75 Å². The molecule has 2 aromatic rings. The summed E-state index contributed by atoms with van der Waals surface area (Å²) in [5.74, 6) is 1.90. The first-order valence-electron chi connectivity index (χ1n) is 9.72. The zero-order chi connectivity index (χ0) is 19.2. The van der Waals surface area contributed by atoms with Gasteiger partial charge in [0.15, 0.2) is 5.78 Å². The Morgan fingerprint density at radius 2 is 1.89 bits per heavy atom. The zero-order valence-electron chi connectivity index (χ0n) is 16.5. The van der Waals surface area contributed by atoms with Crippen LogP contribution >= 0.6 is 0 Å². The summed E-state index contributed by atoms with van der Waals surface area (Å²) in [5, 5.41) is 0. The molecule has 0 aliphatic carbocycles. The lowest BCUT2D eigenvalue weighted by Gasteiger charge is -2.29. The van der Waals surface area contributed by atoms with Crippen molar-refractivity contribution in [2.24, 2.45) is 4.99 Å². The van der Waals surface area contributed by atoms with Crippen LogP contribution in [-0.4, -0.2) is 31.3 Å². The molecular weight excluding hydrogens is 336 g/mol. The van der Waals surface area contributed by atoms with Gasteiger partial charge in [-0.3, -0.25) is 9.79 Å². The molecule has 0 N–H and O–H groups in total. The lowest BCUT2D eigenvalue weighted by atomic mass is 10.1. The van der Waals surface area contributed by atoms with Crippen LogP contribution in [0, 0.1) is 13.8 Å². The number of rotatable bonds is 6. The second-order valence-corrected chi connectivity index (χ2v) is 7.01. The molecule has 27 heavy (non-hydrogen) atoms. The van der Waals surface area contributed by atoms with Gasteiger partial charge < -0.3 is 9.64 Å². The number of Topliss-reactive ketones (excluding diaryl/α,β-unsaturated/α-hetero) is 1. The molecule has 142 valence electrons. The van der Waals surface area contributed by atoms with Crippen molar-refractivity contribution >= 4 is 17.3 Å². The summed E-state index contributed by atoms with van der Waals surface area (Å²) in [7, 11) is 0. The fourth-order valence-corrected chi connectivity index (χ4v) is 3.37. The van der Waals surface area contributed by atoms with Crippen LogP contribution in [0.1, 0.15) is 47.7 Å². The first-order chi connectivity index (χ1) is 13.1. The Labute approximate surface area is 161 Å². The summed E-state index contributed by atoms with van der Waals surface area (Å²) in [4.78, 5) is 19.8. The van der Waals surface area contributed by atoms with Crippen LogP contribution in [0.2, 0.25) is 0 Å². The van der Waals surface area contributed by atoms with Gasteiger partial charge in [-0.05, 0) is 75.1 Å². The largest absolute Gasteiger partial charge is 0.494 e. The van der Waals surface area contributed by atoms with Gasteiger partial charge in [-0.15, -0.1) is 0 Å². The van der Waals surface area contributed by atoms with Crippen LogP contribution in [0.5, 0.6) is 5.75 Å². The van der Waals surface area contributed by atoms with Crippen molar-refractivity contribution in [3.05, 3.63) is 59.2 Å². The maximum absolute atomic E-state index is 13.0. The van der Waals surface area contributed by atoms with Crippen molar-refractivity contribution in [1.82, 2.24) is 0 Å². The second kappa shape index (κ2) is 8.85. The maximum atomic E-state index is 13.0. The van der Waals surface area contributed by atoms with E-state index >= 15 is 0 Å². The maximum Gasteiger partial charge on any atom is 0.182 e. The van der Waals surface area contributed by atoms with Crippen LogP contribution in [0.3, 0.4) is 0 Å². The first-order valence-corrected chi connectivity index (χ1v) is 9.72. The first kappa shape index (κ1) is 19.2. The minimum atomic E-state index is 0.0900. The van der Waals surface area contributed by atoms with E-state index in [2.05, 4.69) is 36.9 Å². The van der Waals surface area contributed by atoms with Crippen molar-refractivity contribution in [1.29, 1.82) is 0 Å². The van der Waals surface area contributed by atoms with E-state index in [-0.39, 0.29) is 5.78 Å². The smallest absolute Gasteiger partial charge is 0.182 e. The van der Waals surface area contributed by atoms with Gasteiger partial charge in [-0.1, -0.05) is 12.1 Å². The molecule has 3 rings (SSSR count). The quantitative estimate of drug-likeness (QED) is 0.679. The number of carbonyl (C=O) groups is 1. The van der Waals surface area contributed by atoms with Gasteiger partial charge in [-0.2, -0.15) is 0 Å². The molecule has 4 nitrogen and oxygen atoms in total. The molecule has 0 saturated carbocycles. The molecule has 1 aliphatic heterocycles. The zero-order valence-corrected chi connectivity index (χ0v) is 16.5. The van der Waals surface area contributed by atoms with Crippen molar-refractivity contribution in [2.75, 3.05) is 24.6 Å². The summed E-state index contributed by atoms with van der Waals surface area (Å²) in [5.41, 5.74) is 4.12. The fourth-order valence-electron chi connectivity index (χ4n) is 3.37. The molecule has 1 heterocycles. The lowest BCUT2D eigenvalue weighted by Crippen LogP contribution is -2.37.